The van der Waals surface area contributed by atoms with Gasteiger partial charge in [-0.05, 0) is 35.9 Å². The van der Waals surface area contributed by atoms with Gasteiger partial charge in [0.25, 0.3) is 5.76 Å². The van der Waals surface area contributed by atoms with Crippen molar-refractivity contribution in [2.24, 2.45) is 0 Å². The number of hydrogen-bond donors (Lipinski definition) is 2. The molecule has 28 heavy (non-hydrogen) atoms. The summed E-state index contributed by atoms with van der Waals surface area (Å²) in [6.07, 6.45) is 0. The number of hydrogen-bond acceptors (Lipinski definition) is 7. The van der Waals surface area contributed by atoms with Crippen LogP contribution >= 0.6 is 34.9 Å². The molecule has 0 atom stereocenters. The van der Waals surface area contributed by atoms with Crippen LogP contribution < -0.4 is 10.6 Å². The number of thioether (sulfide) groups is 2. The molecule has 0 bridgehead atoms. The van der Waals surface area contributed by atoms with E-state index in [1.807, 2.05) is 30.3 Å². The lowest BCUT2D eigenvalue weighted by atomic mass is 10.2. The van der Waals surface area contributed by atoms with Crippen molar-refractivity contribution in [3.63, 3.8) is 0 Å². The number of benzene rings is 2. The molecule has 0 aliphatic carbocycles. The second-order valence-corrected chi connectivity index (χ2v) is 8.83. The lowest BCUT2D eigenvalue weighted by molar-refractivity contribution is -0.114. The minimum atomic E-state index is -2.41. The number of rotatable bonds is 8. The van der Waals surface area contributed by atoms with Crippen LogP contribution in [0.5, 0.6) is 0 Å². The summed E-state index contributed by atoms with van der Waals surface area (Å²) in [4.78, 5) is 11.7. The molecule has 5 nitrogen and oxygen atoms in total. The van der Waals surface area contributed by atoms with E-state index in [-0.39, 0.29) is 5.91 Å². The number of carbonyl (C=O) groups excluding carboxylic acids is 1. The Kier molecular flexibility index (Phi) is 7.24. The normalized spacial score (nSPS) is 10.9. The fourth-order valence-corrected chi connectivity index (χ4v) is 4.46. The molecule has 2 N–H and O–H groups in total. The van der Waals surface area contributed by atoms with Crippen molar-refractivity contribution >= 4 is 57.3 Å². The zero-order chi connectivity index (χ0) is 19.9. The average molecular weight is 439 g/mol. The van der Waals surface area contributed by atoms with Gasteiger partial charge in [-0.25, -0.2) is 0 Å². The van der Waals surface area contributed by atoms with Crippen molar-refractivity contribution in [2.75, 3.05) is 10.6 Å². The maximum atomic E-state index is 12.3. The molecule has 2 aromatic carbocycles. The van der Waals surface area contributed by atoms with Crippen molar-refractivity contribution < 1.29 is 13.6 Å². The lowest BCUT2D eigenvalue weighted by Gasteiger charge is -2.05. The van der Waals surface area contributed by atoms with Gasteiger partial charge in [-0.15, -0.1) is 10.2 Å². The summed E-state index contributed by atoms with van der Waals surface area (Å²) in [7, 11) is 0. The summed E-state index contributed by atoms with van der Waals surface area (Å²) in [6, 6.07) is 14.4. The fourth-order valence-electron chi connectivity index (χ4n) is 2.23. The second-order valence-electron chi connectivity index (χ2n) is 5.57. The number of halogens is 2. The number of nitrogens with one attached hydrogen (secondary N) is 2. The fraction of sp³-hybridized carbons (Fsp3) is 0.167. The van der Waals surface area contributed by atoms with Crippen LogP contribution in [-0.2, 0) is 10.5 Å². The molecule has 0 aliphatic rings. The van der Waals surface area contributed by atoms with Crippen LogP contribution in [0.1, 0.15) is 12.5 Å². The van der Waals surface area contributed by atoms with E-state index in [1.54, 1.807) is 18.2 Å². The van der Waals surface area contributed by atoms with Crippen LogP contribution in [0.3, 0.4) is 0 Å². The Morgan fingerprint density at radius 2 is 1.89 bits per heavy atom. The van der Waals surface area contributed by atoms with Gasteiger partial charge in [-0.1, -0.05) is 53.1 Å². The number of nitrogens with zero attached hydrogens (tertiary/aromatic N) is 2. The Balaban J connectivity index is 1.55. The van der Waals surface area contributed by atoms with E-state index in [0.29, 0.717) is 33.2 Å². The van der Waals surface area contributed by atoms with E-state index in [2.05, 4.69) is 20.8 Å². The molecule has 0 saturated heterocycles. The monoisotopic (exact) mass is 438 g/mol. The number of carbonyl (C=O) groups is 1. The third-order valence-corrected chi connectivity index (χ3v) is 6.12. The third-order valence-electron chi connectivity index (χ3n) is 3.35. The largest absolute Gasteiger partial charge is 0.330 e. The first-order chi connectivity index (χ1) is 13.5. The van der Waals surface area contributed by atoms with Gasteiger partial charge in [0.05, 0.1) is 0 Å². The van der Waals surface area contributed by atoms with Gasteiger partial charge in [-0.3, -0.25) is 4.79 Å². The van der Waals surface area contributed by atoms with E-state index >= 15 is 0 Å². The molecule has 10 heteroatoms. The topological polar surface area (TPSA) is 66.9 Å². The van der Waals surface area contributed by atoms with E-state index in [9.17, 15) is 13.6 Å². The first-order valence-corrected chi connectivity index (χ1v) is 10.8. The van der Waals surface area contributed by atoms with Crippen LogP contribution in [-0.4, -0.2) is 21.9 Å². The SMILES string of the molecule is CC(=O)Nc1cccc(Nc2nnc(SCc3ccc(SC(F)F)cc3)s2)c1. The number of aromatic nitrogens is 2. The van der Waals surface area contributed by atoms with E-state index < -0.39 is 5.76 Å². The molecule has 3 aromatic rings. The molecule has 1 amide bonds. The van der Waals surface area contributed by atoms with Gasteiger partial charge >= 0.3 is 0 Å². The third kappa shape index (κ3) is 6.47. The van der Waals surface area contributed by atoms with Crippen LogP contribution in [0, 0.1) is 0 Å². The van der Waals surface area contributed by atoms with Crippen molar-refractivity contribution in [1.29, 1.82) is 0 Å². The Morgan fingerprint density at radius 1 is 1.14 bits per heavy atom. The standard InChI is InChI=1S/C18H16F2N4OS3/c1-11(25)21-13-3-2-4-14(9-13)22-17-23-24-18(28-17)26-10-12-5-7-15(8-6-12)27-16(19)20/h2-9,16H,10H2,1H3,(H,21,25)(H,22,23). The van der Waals surface area contributed by atoms with Gasteiger partial charge < -0.3 is 10.6 Å². The second kappa shape index (κ2) is 9.85. The van der Waals surface area contributed by atoms with Crippen LogP contribution in [0.25, 0.3) is 0 Å². The minimum Gasteiger partial charge on any atom is -0.330 e. The molecule has 0 saturated carbocycles. The van der Waals surface area contributed by atoms with Crippen LogP contribution in [0.4, 0.5) is 25.3 Å². The highest BCUT2D eigenvalue weighted by Crippen LogP contribution is 2.31. The van der Waals surface area contributed by atoms with Gasteiger partial charge in [0, 0.05) is 28.9 Å². The molecule has 1 aromatic heterocycles. The van der Waals surface area contributed by atoms with Gasteiger partial charge in [0.1, 0.15) is 0 Å². The highest BCUT2D eigenvalue weighted by atomic mass is 32.2. The van der Waals surface area contributed by atoms with Gasteiger partial charge in [-0.2, -0.15) is 8.78 Å². The van der Waals surface area contributed by atoms with E-state index in [0.717, 1.165) is 15.6 Å². The van der Waals surface area contributed by atoms with Crippen molar-refractivity contribution in [3.05, 3.63) is 54.1 Å². The Morgan fingerprint density at radius 3 is 2.61 bits per heavy atom. The van der Waals surface area contributed by atoms with Crippen LogP contribution in [0.15, 0.2) is 57.8 Å². The predicted molar refractivity (Wildman–Crippen MR) is 112 cm³/mol. The maximum Gasteiger partial charge on any atom is 0.288 e. The van der Waals surface area contributed by atoms with Gasteiger partial charge in [0.15, 0.2) is 4.34 Å². The molecule has 1 heterocycles. The Hall–Kier alpha value is -2.17. The zero-order valence-electron chi connectivity index (χ0n) is 14.7. The van der Waals surface area contributed by atoms with Crippen LogP contribution in [0.2, 0.25) is 0 Å². The predicted octanol–water partition coefficient (Wildman–Crippen LogP) is 5.85. The Labute approximate surface area is 173 Å². The molecule has 0 radical (unpaired) electrons. The van der Waals surface area contributed by atoms with Crippen molar-refractivity contribution in [3.8, 4) is 0 Å². The van der Waals surface area contributed by atoms with E-state index in [4.69, 9.17) is 0 Å². The van der Waals surface area contributed by atoms with Gasteiger partial charge in [0.2, 0.25) is 11.0 Å². The average Bonchev–Trinajstić information content (AvgIpc) is 3.08. The molecule has 0 spiro atoms. The quantitative estimate of drug-likeness (QED) is 0.430. The number of amides is 1. The lowest BCUT2D eigenvalue weighted by Crippen LogP contribution is -2.05. The molecule has 0 unspecified atom stereocenters. The number of anilines is 3. The molecule has 0 fully saturated rings. The number of alkyl halides is 2. The zero-order valence-corrected chi connectivity index (χ0v) is 17.1. The summed E-state index contributed by atoms with van der Waals surface area (Å²) in [5.41, 5.74) is 2.52. The highest BCUT2D eigenvalue weighted by molar-refractivity contribution is 8.00. The summed E-state index contributed by atoms with van der Waals surface area (Å²) in [6.45, 7) is 1.46. The highest BCUT2D eigenvalue weighted by Gasteiger charge is 2.08. The molecular formula is C18H16F2N4OS3. The van der Waals surface area contributed by atoms with E-state index in [1.165, 1.54) is 30.0 Å². The molecular weight excluding hydrogens is 422 g/mol. The summed E-state index contributed by atoms with van der Waals surface area (Å²) >= 11 is 3.48. The summed E-state index contributed by atoms with van der Waals surface area (Å²) in [5, 5.41) is 14.8. The smallest absolute Gasteiger partial charge is 0.288 e. The first-order valence-electron chi connectivity index (χ1n) is 8.12. The van der Waals surface area contributed by atoms with Crippen molar-refractivity contribution in [2.45, 2.75) is 27.7 Å². The molecule has 0 aliphatic heterocycles. The Bertz CT molecular complexity index is 935. The molecule has 146 valence electrons. The minimum absolute atomic E-state index is 0.132. The first kappa shape index (κ1) is 20.6. The maximum absolute atomic E-state index is 12.3. The summed E-state index contributed by atoms with van der Waals surface area (Å²) < 4.78 is 25.5. The molecule has 3 rings (SSSR count). The summed E-state index contributed by atoms with van der Waals surface area (Å²) in [5.74, 6) is -1.87. The van der Waals surface area contributed by atoms with Crippen molar-refractivity contribution in [1.82, 2.24) is 10.2 Å².